The normalized spacial score (nSPS) is 11.6. The predicted molar refractivity (Wildman–Crippen MR) is 89.3 cm³/mol. The second kappa shape index (κ2) is 6.02. The molecule has 104 valence electrons. The topological polar surface area (TPSA) is 25.8 Å². The zero-order valence-electron chi connectivity index (χ0n) is 12.1. The third kappa shape index (κ3) is 2.78. The molecule has 21 heavy (non-hydrogen) atoms. The minimum Gasteiger partial charge on any atom is -0.261 e. The lowest BCUT2D eigenvalue weighted by atomic mass is 10.1. The number of aromatic nitrogens is 2. The molecule has 2 aromatic heterocycles. The van der Waals surface area contributed by atoms with E-state index in [-0.39, 0.29) is 0 Å². The van der Waals surface area contributed by atoms with Gasteiger partial charge in [0.15, 0.2) is 0 Å². The Hall–Kier alpha value is -2.26. The lowest BCUT2D eigenvalue weighted by Gasteiger charge is -2.06. The van der Waals surface area contributed by atoms with E-state index in [0.29, 0.717) is 0 Å². The van der Waals surface area contributed by atoms with Crippen LogP contribution < -0.4 is 0 Å². The van der Waals surface area contributed by atoms with Crippen molar-refractivity contribution in [1.82, 2.24) is 9.97 Å². The van der Waals surface area contributed by atoms with Crippen LogP contribution in [-0.2, 0) is 0 Å². The van der Waals surface area contributed by atoms with E-state index in [9.17, 15) is 0 Å². The van der Waals surface area contributed by atoms with Crippen molar-refractivity contribution in [1.29, 1.82) is 0 Å². The van der Waals surface area contributed by atoms with Crippen LogP contribution >= 0.6 is 11.3 Å². The van der Waals surface area contributed by atoms with E-state index in [4.69, 9.17) is 4.98 Å². The van der Waals surface area contributed by atoms with Crippen molar-refractivity contribution < 1.29 is 0 Å². The molecule has 0 bridgehead atoms. The van der Waals surface area contributed by atoms with Gasteiger partial charge in [-0.05, 0) is 19.9 Å². The average Bonchev–Trinajstić information content (AvgIpc) is 3.00. The van der Waals surface area contributed by atoms with Gasteiger partial charge in [-0.3, -0.25) is 4.98 Å². The van der Waals surface area contributed by atoms with Gasteiger partial charge in [0.2, 0.25) is 0 Å². The number of hydrogen-bond donors (Lipinski definition) is 0. The fraction of sp³-hybridized carbons (Fsp3) is 0.111. The third-order valence-corrected chi connectivity index (χ3v) is 4.27. The quantitative estimate of drug-likeness (QED) is 0.681. The summed E-state index contributed by atoms with van der Waals surface area (Å²) in [5.41, 5.74) is 5.50. The predicted octanol–water partition coefficient (Wildman–Crippen LogP) is 4.97. The average molecular weight is 292 g/mol. The van der Waals surface area contributed by atoms with Crippen molar-refractivity contribution in [3.63, 3.8) is 0 Å². The number of hydrogen-bond acceptors (Lipinski definition) is 3. The number of thiazole rings is 1. The molecule has 0 spiro atoms. The molecule has 0 aliphatic rings. The molecular formula is C18H16N2S. The van der Waals surface area contributed by atoms with E-state index in [2.05, 4.69) is 34.6 Å². The Balaban J connectivity index is 2.01. The number of nitrogens with zero attached hydrogens (tertiary/aromatic N) is 2. The van der Waals surface area contributed by atoms with E-state index < -0.39 is 0 Å². The molecule has 3 aromatic rings. The van der Waals surface area contributed by atoms with Crippen LogP contribution in [0.25, 0.3) is 16.8 Å². The molecule has 3 rings (SSSR count). The Bertz CT molecular complexity index is 773. The Kier molecular flexibility index (Phi) is 3.93. The molecule has 0 unspecified atom stereocenters. The second-order valence-corrected chi connectivity index (χ2v) is 5.60. The second-order valence-electron chi connectivity index (χ2n) is 4.74. The Morgan fingerprint density at radius 2 is 1.90 bits per heavy atom. The molecule has 1 aromatic carbocycles. The fourth-order valence-electron chi connectivity index (χ4n) is 2.30. The first-order valence-electron chi connectivity index (χ1n) is 6.89. The summed E-state index contributed by atoms with van der Waals surface area (Å²) in [5.74, 6) is 0. The largest absolute Gasteiger partial charge is 0.261 e. The molecule has 0 saturated carbocycles. The first kappa shape index (κ1) is 13.7. The van der Waals surface area contributed by atoms with Gasteiger partial charge in [-0.25, -0.2) is 4.98 Å². The van der Waals surface area contributed by atoms with Crippen molar-refractivity contribution in [3.8, 4) is 11.3 Å². The summed E-state index contributed by atoms with van der Waals surface area (Å²) in [7, 11) is 0. The summed E-state index contributed by atoms with van der Waals surface area (Å²) in [6.45, 7) is 4.08. The molecule has 2 nitrogen and oxygen atoms in total. The monoisotopic (exact) mass is 292 g/mol. The first-order valence-corrected chi connectivity index (χ1v) is 7.77. The highest BCUT2D eigenvalue weighted by Gasteiger charge is 2.12. The van der Waals surface area contributed by atoms with Gasteiger partial charge in [-0.15, -0.1) is 11.3 Å². The van der Waals surface area contributed by atoms with Gasteiger partial charge in [0.1, 0.15) is 5.01 Å². The lowest BCUT2D eigenvalue weighted by molar-refractivity contribution is 1.18. The van der Waals surface area contributed by atoms with Gasteiger partial charge in [0.05, 0.1) is 5.69 Å². The maximum atomic E-state index is 4.79. The van der Waals surface area contributed by atoms with Crippen LogP contribution in [0.15, 0.2) is 60.1 Å². The summed E-state index contributed by atoms with van der Waals surface area (Å²) >= 11 is 1.67. The molecule has 3 heteroatoms. The number of allylic oxidation sites excluding steroid dienone is 1. The standard InChI is InChI=1S/C18H16N2S/c1-3-15(16-10-7-11-19-13(16)2)18-20-17(12-21-18)14-8-5-4-6-9-14/h3-12H,1-2H3/b15-3+. The van der Waals surface area contributed by atoms with E-state index in [1.54, 1.807) is 11.3 Å². The SMILES string of the molecule is C/C=C(/c1nc(-c2ccccc2)cs1)c1cccnc1C. The maximum Gasteiger partial charge on any atom is 0.124 e. The van der Waals surface area contributed by atoms with Gasteiger partial charge < -0.3 is 0 Å². The van der Waals surface area contributed by atoms with Crippen molar-refractivity contribution in [2.75, 3.05) is 0 Å². The number of pyridine rings is 1. The zero-order chi connectivity index (χ0) is 14.7. The summed E-state index contributed by atoms with van der Waals surface area (Å²) in [4.78, 5) is 9.17. The van der Waals surface area contributed by atoms with E-state index in [1.807, 2.05) is 44.3 Å². The first-order chi connectivity index (χ1) is 10.3. The molecule has 0 radical (unpaired) electrons. The molecule has 0 aliphatic carbocycles. The van der Waals surface area contributed by atoms with Gasteiger partial charge in [-0.1, -0.05) is 42.5 Å². The highest BCUT2D eigenvalue weighted by molar-refractivity contribution is 7.11. The Morgan fingerprint density at radius 3 is 2.62 bits per heavy atom. The summed E-state index contributed by atoms with van der Waals surface area (Å²) < 4.78 is 0. The minimum absolute atomic E-state index is 1.02. The highest BCUT2D eigenvalue weighted by Crippen LogP contribution is 2.30. The van der Waals surface area contributed by atoms with E-state index >= 15 is 0 Å². The summed E-state index contributed by atoms with van der Waals surface area (Å²) in [6, 6.07) is 14.3. The Morgan fingerprint density at radius 1 is 1.10 bits per heavy atom. The van der Waals surface area contributed by atoms with Gasteiger partial charge in [-0.2, -0.15) is 0 Å². The number of aryl methyl sites for hydroxylation is 1. The fourth-order valence-corrected chi connectivity index (χ4v) is 3.22. The molecular weight excluding hydrogens is 276 g/mol. The number of benzene rings is 1. The highest BCUT2D eigenvalue weighted by atomic mass is 32.1. The molecule has 0 atom stereocenters. The third-order valence-electron chi connectivity index (χ3n) is 3.39. The van der Waals surface area contributed by atoms with Crippen LogP contribution in [0.2, 0.25) is 0 Å². The van der Waals surface area contributed by atoms with Crippen molar-refractivity contribution in [3.05, 3.63) is 76.4 Å². The van der Waals surface area contributed by atoms with Crippen molar-refractivity contribution in [2.45, 2.75) is 13.8 Å². The molecule has 0 saturated heterocycles. The minimum atomic E-state index is 1.02. The van der Waals surface area contributed by atoms with Crippen LogP contribution in [-0.4, -0.2) is 9.97 Å². The van der Waals surface area contributed by atoms with E-state index in [1.165, 1.54) is 0 Å². The zero-order valence-corrected chi connectivity index (χ0v) is 12.9. The maximum absolute atomic E-state index is 4.79. The van der Waals surface area contributed by atoms with Gasteiger partial charge in [0, 0.05) is 34.0 Å². The van der Waals surface area contributed by atoms with Crippen LogP contribution in [0.4, 0.5) is 0 Å². The van der Waals surface area contributed by atoms with Gasteiger partial charge in [0.25, 0.3) is 0 Å². The molecule has 0 N–H and O–H groups in total. The lowest BCUT2D eigenvalue weighted by Crippen LogP contribution is -1.93. The van der Waals surface area contributed by atoms with Crippen LogP contribution in [0.5, 0.6) is 0 Å². The smallest absolute Gasteiger partial charge is 0.124 e. The van der Waals surface area contributed by atoms with Crippen LogP contribution in [0, 0.1) is 6.92 Å². The van der Waals surface area contributed by atoms with Gasteiger partial charge >= 0.3 is 0 Å². The molecule has 0 fully saturated rings. The molecule has 0 amide bonds. The molecule has 2 heterocycles. The van der Waals surface area contributed by atoms with Crippen LogP contribution in [0.3, 0.4) is 0 Å². The van der Waals surface area contributed by atoms with Crippen molar-refractivity contribution >= 4 is 16.9 Å². The van der Waals surface area contributed by atoms with E-state index in [0.717, 1.165) is 33.1 Å². The summed E-state index contributed by atoms with van der Waals surface area (Å²) in [6.07, 6.45) is 3.93. The molecule has 0 aliphatic heterocycles. The Labute approximate surface area is 128 Å². The van der Waals surface area contributed by atoms with Crippen LogP contribution in [0.1, 0.15) is 23.2 Å². The van der Waals surface area contributed by atoms with Crippen molar-refractivity contribution in [2.24, 2.45) is 0 Å². The number of rotatable bonds is 3. The summed E-state index contributed by atoms with van der Waals surface area (Å²) in [5, 5.41) is 3.15.